The second-order valence-electron chi connectivity index (χ2n) is 5.03. The molecule has 3 aromatic rings. The standard InChI is InChI=1S/C16H14Cl2N4O2S/c1-3-25-16-20-19-9(2)22(16)21-15(23)14-7-6-13(24-14)11-5-4-10(17)8-12(11)18/h4-8H,3H2,1-2H3,(H,21,23). The van der Waals surface area contributed by atoms with E-state index < -0.39 is 5.91 Å². The molecular weight excluding hydrogens is 383 g/mol. The molecule has 1 N–H and O–H groups in total. The van der Waals surface area contributed by atoms with E-state index in [0.717, 1.165) is 5.75 Å². The van der Waals surface area contributed by atoms with Gasteiger partial charge >= 0.3 is 5.91 Å². The number of halogens is 2. The highest BCUT2D eigenvalue weighted by Crippen LogP contribution is 2.31. The number of carbonyl (C=O) groups is 1. The van der Waals surface area contributed by atoms with Crippen LogP contribution in [0.15, 0.2) is 39.9 Å². The fourth-order valence-electron chi connectivity index (χ4n) is 2.14. The molecule has 2 heterocycles. The highest BCUT2D eigenvalue weighted by molar-refractivity contribution is 7.99. The number of carbonyl (C=O) groups excluding carboxylic acids is 1. The van der Waals surface area contributed by atoms with E-state index >= 15 is 0 Å². The van der Waals surface area contributed by atoms with E-state index in [1.54, 1.807) is 37.3 Å². The smallest absolute Gasteiger partial charge is 0.305 e. The van der Waals surface area contributed by atoms with Crippen molar-refractivity contribution in [1.82, 2.24) is 14.9 Å². The van der Waals surface area contributed by atoms with Gasteiger partial charge in [-0.3, -0.25) is 10.2 Å². The van der Waals surface area contributed by atoms with Crippen LogP contribution >= 0.6 is 35.0 Å². The van der Waals surface area contributed by atoms with Crippen LogP contribution in [-0.2, 0) is 0 Å². The first kappa shape index (κ1) is 17.8. The molecule has 1 aromatic carbocycles. The minimum absolute atomic E-state index is 0.154. The Kier molecular flexibility index (Phi) is 5.36. The Morgan fingerprint density at radius 1 is 1.28 bits per heavy atom. The van der Waals surface area contributed by atoms with Crippen LogP contribution in [0.5, 0.6) is 0 Å². The predicted octanol–water partition coefficient (Wildman–Crippen LogP) is 4.65. The molecule has 0 bridgehead atoms. The number of furan rings is 1. The summed E-state index contributed by atoms with van der Waals surface area (Å²) in [6, 6.07) is 8.34. The fraction of sp³-hybridized carbons (Fsp3) is 0.188. The summed E-state index contributed by atoms with van der Waals surface area (Å²) in [5, 5.41) is 9.59. The Balaban J connectivity index is 1.83. The second-order valence-corrected chi connectivity index (χ2v) is 7.10. The van der Waals surface area contributed by atoms with Crippen LogP contribution in [0.3, 0.4) is 0 Å². The molecule has 0 aliphatic carbocycles. The maximum absolute atomic E-state index is 12.5. The summed E-state index contributed by atoms with van der Waals surface area (Å²) in [6.07, 6.45) is 0. The molecule has 9 heteroatoms. The Morgan fingerprint density at radius 2 is 2.08 bits per heavy atom. The summed E-state index contributed by atoms with van der Waals surface area (Å²) in [4.78, 5) is 12.5. The van der Waals surface area contributed by atoms with Gasteiger partial charge in [0.25, 0.3) is 0 Å². The topological polar surface area (TPSA) is 73.0 Å². The molecule has 0 spiro atoms. The van der Waals surface area contributed by atoms with Gasteiger partial charge in [-0.15, -0.1) is 10.2 Å². The SMILES string of the molecule is CCSc1nnc(C)n1NC(=O)c1ccc(-c2ccc(Cl)cc2Cl)o1. The molecule has 6 nitrogen and oxygen atoms in total. The molecule has 0 saturated carbocycles. The molecule has 0 aliphatic heterocycles. The van der Waals surface area contributed by atoms with Crippen LogP contribution in [0, 0.1) is 6.92 Å². The number of hydrogen-bond donors (Lipinski definition) is 1. The van der Waals surface area contributed by atoms with E-state index in [9.17, 15) is 4.79 Å². The molecule has 0 unspecified atom stereocenters. The molecule has 25 heavy (non-hydrogen) atoms. The zero-order valence-corrected chi connectivity index (χ0v) is 15.7. The van der Waals surface area contributed by atoms with Gasteiger partial charge in [0.2, 0.25) is 5.16 Å². The maximum atomic E-state index is 12.5. The van der Waals surface area contributed by atoms with Gasteiger partial charge in [0.1, 0.15) is 11.6 Å². The predicted molar refractivity (Wildman–Crippen MR) is 99.0 cm³/mol. The van der Waals surface area contributed by atoms with Crippen molar-refractivity contribution in [2.75, 3.05) is 11.2 Å². The normalized spacial score (nSPS) is 10.9. The lowest BCUT2D eigenvalue weighted by molar-refractivity contribution is 0.0980. The first-order valence-corrected chi connectivity index (χ1v) is 9.15. The van der Waals surface area contributed by atoms with E-state index in [2.05, 4.69) is 15.6 Å². The van der Waals surface area contributed by atoms with Gasteiger partial charge in [0.05, 0.1) is 5.02 Å². The number of rotatable bonds is 5. The van der Waals surface area contributed by atoms with Gasteiger partial charge < -0.3 is 4.42 Å². The van der Waals surface area contributed by atoms with Gasteiger partial charge in [-0.1, -0.05) is 41.9 Å². The van der Waals surface area contributed by atoms with E-state index in [-0.39, 0.29) is 5.76 Å². The zero-order chi connectivity index (χ0) is 18.0. The molecule has 130 valence electrons. The van der Waals surface area contributed by atoms with Crippen molar-refractivity contribution in [3.05, 3.63) is 52.0 Å². The van der Waals surface area contributed by atoms with Gasteiger partial charge in [-0.2, -0.15) is 0 Å². The number of nitrogens with one attached hydrogen (secondary N) is 1. The van der Waals surface area contributed by atoms with Crippen LogP contribution in [0.25, 0.3) is 11.3 Å². The minimum atomic E-state index is -0.405. The fourth-order valence-corrected chi connectivity index (χ4v) is 3.31. The first-order chi connectivity index (χ1) is 12.0. The maximum Gasteiger partial charge on any atom is 0.305 e. The number of aromatic nitrogens is 3. The second kappa shape index (κ2) is 7.51. The highest BCUT2D eigenvalue weighted by atomic mass is 35.5. The number of thioether (sulfide) groups is 1. The number of hydrogen-bond acceptors (Lipinski definition) is 5. The van der Waals surface area contributed by atoms with Crippen LogP contribution in [0.1, 0.15) is 23.3 Å². The zero-order valence-electron chi connectivity index (χ0n) is 13.4. The molecule has 1 amide bonds. The first-order valence-electron chi connectivity index (χ1n) is 7.41. The largest absolute Gasteiger partial charge is 0.451 e. The average Bonchev–Trinajstić information content (AvgIpc) is 3.17. The molecule has 0 fully saturated rings. The lowest BCUT2D eigenvalue weighted by atomic mass is 10.2. The summed E-state index contributed by atoms with van der Waals surface area (Å²) in [5.74, 6) is 1.62. The molecule has 0 atom stereocenters. The van der Waals surface area contributed by atoms with Crippen LogP contribution in [0.2, 0.25) is 10.0 Å². The van der Waals surface area contributed by atoms with Gasteiger partial charge in [-0.25, -0.2) is 4.68 Å². The van der Waals surface area contributed by atoms with Gasteiger partial charge in [-0.05, 0) is 43.0 Å². The summed E-state index contributed by atoms with van der Waals surface area (Å²) < 4.78 is 7.18. The van der Waals surface area contributed by atoms with E-state index in [4.69, 9.17) is 27.6 Å². The third-order valence-corrected chi connectivity index (χ3v) is 4.67. The van der Waals surface area contributed by atoms with Crippen LogP contribution in [-0.4, -0.2) is 26.5 Å². The molecule has 2 aromatic heterocycles. The van der Waals surface area contributed by atoms with Crippen molar-refractivity contribution < 1.29 is 9.21 Å². The van der Waals surface area contributed by atoms with Gasteiger partial charge in [0, 0.05) is 10.6 Å². The van der Waals surface area contributed by atoms with Crippen molar-refractivity contribution in [2.24, 2.45) is 0 Å². The average molecular weight is 397 g/mol. The van der Waals surface area contributed by atoms with Crippen LogP contribution in [0.4, 0.5) is 0 Å². The lowest BCUT2D eigenvalue weighted by Crippen LogP contribution is -2.24. The summed E-state index contributed by atoms with van der Waals surface area (Å²) in [6.45, 7) is 3.75. The molecule has 0 saturated heterocycles. The Hall–Kier alpha value is -1.96. The van der Waals surface area contributed by atoms with Gasteiger partial charge in [0.15, 0.2) is 5.76 Å². The lowest BCUT2D eigenvalue weighted by Gasteiger charge is -2.08. The van der Waals surface area contributed by atoms with E-state index in [1.807, 2.05) is 6.92 Å². The van der Waals surface area contributed by atoms with E-state index in [0.29, 0.717) is 32.3 Å². The van der Waals surface area contributed by atoms with E-state index in [1.165, 1.54) is 16.4 Å². The Bertz CT molecular complexity index is 923. The third kappa shape index (κ3) is 3.84. The number of amides is 1. The van der Waals surface area contributed by atoms with Crippen molar-refractivity contribution in [3.63, 3.8) is 0 Å². The number of aryl methyl sites for hydroxylation is 1. The molecular formula is C16H14Cl2N4O2S. The van der Waals surface area contributed by atoms with Crippen molar-refractivity contribution in [3.8, 4) is 11.3 Å². The van der Waals surface area contributed by atoms with Crippen molar-refractivity contribution in [2.45, 2.75) is 19.0 Å². The van der Waals surface area contributed by atoms with Crippen LogP contribution < -0.4 is 5.43 Å². The quantitative estimate of drug-likeness (QED) is 0.635. The monoisotopic (exact) mass is 396 g/mol. The van der Waals surface area contributed by atoms with Crippen molar-refractivity contribution >= 4 is 40.9 Å². The summed E-state index contributed by atoms with van der Waals surface area (Å²) >= 11 is 13.6. The summed E-state index contributed by atoms with van der Waals surface area (Å²) in [5.41, 5.74) is 3.39. The third-order valence-electron chi connectivity index (χ3n) is 3.31. The molecule has 3 rings (SSSR count). The Labute approximate surface area is 158 Å². The number of nitrogens with zero attached hydrogens (tertiary/aromatic N) is 3. The molecule has 0 radical (unpaired) electrons. The number of benzene rings is 1. The Morgan fingerprint density at radius 3 is 2.80 bits per heavy atom. The highest BCUT2D eigenvalue weighted by Gasteiger charge is 2.17. The molecule has 0 aliphatic rings. The summed E-state index contributed by atoms with van der Waals surface area (Å²) in [7, 11) is 0. The van der Waals surface area contributed by atoms with Crippen molar-refractivity contribution in [1.29, 1.82) is 0 Å². The minimum Gasteiger partial charge on any atom is -0.451 e.